The summed E-state index contributed by atoms with van der Waals surface area (Å²) in [6.07, 6.45) is 6.37. The molecular formula is C17H18N2OS. The zero-order chi connectivity index (χ0) is 14.1. The zero-order valence-electron chi connectivity index (χ0n) is 11.9. The fourth-order valence-corrected chi connectivity index (χ4v) is 3.95. The van der Waals surface area contributed by atoms with Crippen LogP contribution in [0.1, 0.15) is 30.0 Å². The van der Waals surface area contributed by atoms with Crippen molar-refractivity contribution >= 4 is 21.4 Å². The largest absolute Gasteiger partial charge is 0.381 e. The topological polar surface area (TPSA) is 27.1 Å². The van der Waals surface area contributed by atoms with Crippen LogP contribution < -0.4 is 0 Å². The molecule has 3 heterocycles. The molecule has 1 aliphatic heterocycles. The Balaban J connectivity index is 1.57. The van der Waals surface area contributed by atoms with E-state index in [1.807, 2.05) is 17.7 Å². The van der Waals surface area contributed by atoms with Crippen LogP contribution in [0, 0.1) is 0 Å². The van der Waals surface area contributed by atoms with Crippen molar-refractivity contribution in [3.8, 4) is 0 Å². The summed E-state index contributed by atoms with van der Waals surface area (Å²) in [7, 11) is 0. The van der Waals surface area contributed by atoms with Gasteiger partial charge in [-0.15, -0.1) is 11.3 Å². The monoisotopic (exact) mass is 298 g/mol. The lowest BCUT2D eigenvalue weighted by Crippen LogP contribution is -2.14. The summed E-state index contributed by atoms with van der Waals surface area (Å²) >= 11 is 1.82. The first-order valence-corrected chi connectivity index (χ1v) is 8.32. The average Bonchev–Trinajstić information content (AvgIpc) is 3.17. The number of ether oxygens (including phenoxy) is 1. The molecule has 1 aliphatic rings. The van der Waals surface area contributed by atoms with Crippen molar-refractivity contribution in [3.63, 3.8) is 0 Å². The average molecular weight is 298 g/mol. The third-order valence-corrected chi connectivity index (χ3v) is 5.21. The van der Waals surface area contributed by atoms with Crippen LogP contribution in [0.3, 0.4) is 0 Å². The molecule has 0 unspecified atom stereocenters. The lowest BCUT2D eigenvalue weighted by Gasteiger charge is -2.19. The van der Waals surface area contributed by atoms with Crippen LogP contribution in [0.4, 0.5) is 0 Å². The van der Waals surface area contributed by atoms with Gasteiger partial charge in [0.25, 0.3) is 0 Å². The van der Waals surface area contributed by atoms with Gasteiger partial charge in [-0.2, -0.15) is 0 Å². The van der Waals surface area contributed by atoms with Crippen molar-refractivity contribution in [1.82, 2.24) is 9.55 Å². The van der Waals surface area contributed by atoms with Crippen molar-refractivity contribution in [1.29, 1.82) is 0 Å². The highest BCUT2D eigenvalue weighted by Crippen LogP contribution is 2.27. The molecule has 4 rings (SSSR count). The van der Waals surface area contributed by atoms with Crippen molar-refractivity contribution in [2.75, 3.05) is 13.2 Å². The number of thiophene rings is 1. The molecule has 0 spiro atoms. The highest BCUT2D eigenvalue weighted by molar-refractivity contribution is 7.17. The maximum Gasteiger partial charge on any atom is 0.0952 e. The Kier molecular flexibility index (Phi) is 3.49. The van der Waals surface area contributed by atoms with Crippen LogP contribution in [0.15, 0.2) is 42.2 Å². The normalized spacial score (nSPS) is 16.6. The minimum absolute atomic E-state index is 0.567. The summed E-state index contributed by atoms with van der Waals surface area (Å²) in [5.41, 5.74) is 2.59. The third-order valence-electron chi connectivity index (χ3n) is 4.21. The molecule has 0 N–H and O–H groups in total. The molecule has 0 amide bonds. The minimum atomic E-state index is 0.567. The Morgan fingerprint density at radius 1 is 1.24 bits per heavy atom. The second-order valence-electron chi connectivity index (χ2n) is 5.61. The number of rotatable bonds is 3. The summed E-state index contributed by atoms with van der Waals surface area (Å²) in [5, 5.41) is 3.50. The van der Waals surface area contributed by atoms with E-state index in [1.165, 1.54) is 21.3 Å². The molecule has 2 aromatic heterocycles. The number of hydrogen-bond acceptors (Lipinski definition) is 3. The highest BCUT2D eigenvalue weighted by atomic mass is 32.1. The zero-order valence-corrected chi connectivity index (χ0v) is 12.7. The van der Waals surface area contributed by atoms with Crippen LogP contribution in [-0.4, -0.2) is 22.8 Å². The van der Waals surface area contributed by atoms with E-state index in [1.54, 1.807) is 0 Å². The van der Waals surface area contributed by atoms with Crippen LogP contribution in [0.5, 0.6) is 0 Å². The number of aromatic nitrogens is 2. The van der Waals surface area contributed by atoms with Crippen molar-refractivity contribution in [2.45, 2.75) is 25.3 Å². The van der Waals surface area contributed by atoms with Gasteiger partial charge in [-0.1, -0.05) is 18.2 Å². The Hall–Kier alpha value is -1.65. The van der Waals surface area contributed by atoms with Gasteiger partial charge in [-0.3, -0.25) is 0 Å². The first kappa shape index (κ1) is 13.0. The molecule has 1 aromatic carbocycles. The van der Waals surface area contributed by atoms with E-state index in [2.05, 4.69) is 45.4 Å². The van der Waals surface area contributed by atoms with Crippen LogP contribution in [-0.2, 0) is 11.3 Å². The van der Waals surface area contributed by atoms with Crippen LogP contribution >= 0.6 is 11.3 Å². The van der Waals surface area contributed by atoms with E-state index in [0.29, 0.717) is 5.92 Å². The SMILES string of the molecule is c1cc(Cn2cnc(C3CCOCC3)c2)c2sccc2c1. The third kappa shape index (κ3) is 2.61. The second kappa shape index (κ2) is 5.62. The van der Waals surface area contributed by atoms with Gasteiger partial charge in [0, 0.05) is 36.6 Å². The summed E-state index contributed by atoms with van der Waals surface area (Å²) in [6, 6.07) is 8.72. The smallest absolute Gasteiger partial charge is 0.0952 e. The van der Waals surface area contributed by atoms with Gasteiger partial charge in [-0.25, -0.2) is 4.98 Å². The lowest BCUT2D eigenvalue weighted by atomic mass is 9.97. The number of fused-ring (bicyclic) bond motifs is 1. The van der Waals surface area contributed by atoms with E-state index in [-0.39, 0.29) is 0 Å². The number of benzene rings is 1. The van der Waals surface area contributed by atoms with Crippen molar-refractivity contribution in [2.24, 2.45) is 0 Å². The Bertz CT molecular complexity index is 740. The quantitative estimate of drug-likeness (QED) is 0.729. The molecule has 3 nitrogen and oxygen atoms in total. The highest BCUT2D eigenvalue weighted by Gasteiger charge is 2.18. The molecule has 21 heavy (non-hydrogen) atoms. The Labute approximate surface area is 128 Å². The molecule has 0 atom stereocenters. The van der Waals surface area contributed by atoms with Gasteiger partial charge in [0.2, 0.25) is 0 Å². The summed E-state index contributed by atoms with van der Waals surface area (Å²) in [4.78, 5) is 4.61. The van der Waals surface area contributed by atoms with Crippen LogP contribution in [0.2, 0.25) is 0 Å². The molecule has 108 valence electrons. The van der Waals surface area contributed by atoms with Gasteiger partial charge in [-0.05, 0) is 35.2 Å². The van der Waals surface area contributed by atoms with Crippen LogP contribution in [0.25, 0.3) is 10.1 Å². The summed E-state index contributed by atoms with van der Waals surface area (Å²) < 4.78 is 9.03. The molecule has 4 heteroatoms. The predicted octanol–water partition coefficient (Wildman–Crippen LogP) is 4.04. The number of hydrogen-bond donors (Lipinski definition) is 0. The molecule has 0 aliphatic carbocycles. The van der Waals surface area contributed by atoms with Crippen molar-refractivity contribution in [3.05, 3.63) is 53.4 Å². The van der Waals surface area contributed by atoms with Gasteiger partial charge in [0.05, 0.1) is 12.0 Å². The van der Waals surface area contributed by atoms with E-state index in [4.69, 9.17) is 4.74 Å². The second-order valence-corrected chi connectivity index (χ2v) is 6.53. The maximum atomic E-state index is 5.43. The molecule has 1 saturated heterocycles. The molecule has 0 saturated carbocycles. The fourth-order valence-electron chi connectivity index (χ4n) is 3.04. The summed E-state index contributed by atoms with van der Waals surface area (Å²) in [5.74, 6) is 0.567. The van der Waals surface area contributed by atoms with Gasteiger partial charge >= 0.3 is 0 Å². The van der Waals surface area contributed by atoms with E-state index < -0.39 is 0 Å². The van der Waals surface area contributed by atoms with E-state index >= 15 is 0 Å². The first-order chi connectivity index (χ1) is 10.4. The fraction of sp³-hybridized carbons (Fsp3) is 0.353. The van der Waals surface area contributed by atoms with E-state index in [9.17, 15) is 0 Å². The van der Waals surface area contributed by atoms with Gasteiger partial charge in [0.15, 0.2) is 0 Å². The predicted molar refractivity (Wildman–Crippen MR) is 85.9 cm³/mol. The number of nitrogens with zero attached hydrogens (tertiary/aromatic N) is 2. The van der Waals surface area contributed by atoms with E-state index in [0.717, 1.165) is 32.6 Å². The minimum Gasteiger partial charge on any atom is -0.381 e. The Morgan fingerprint density at radius 3 is 3.05 bits per heavy atom. The summed E-state index contributed by atoms with van der Waals surface area (Å²) in [6.45, 7) is 2.63. The molecule has 1 fully saturated rings. The molecule has 3 aromatic rings. The Morgan fingerprint density at radius 2 is 2.14 bits per heavy atom. The molecule has 0 radical (unpaired) electrons. The maximum absolute atomic E-state index is 5.43. The van der Waals surface area contributed by atoms with Gasteiger partial charge in [0.1, 0.15) is 0 Å². The molecule has 0 bridgehead atoms. The number of imidazole rings is 1. The first-order valence-electron chi connectivity index (χ1n) is 7.45. The lowest BCUT2D eigenvalue weighted by molar-refractivity contribution is 0.0845. The van der Waals surface area contributed by atoms with Gasteiger partial charge < -0.3 is 9.30 Å². The molecular weight excluding hydrogens is 280 g/mol. The standard InChI is InChI=1S/C17H18N2OS/c1-2-14-6-9-21-17(14)15(3-1)10-19-11-16(18-12-19)13-4-7-20-8-5-13/h1-3,6,9,11-13H,4-5,7-8,10H2. The van der Waals surface area contributed by atoms with Crippen molar-refractivity contribution < 1.29 is 4.74 Å².